The third-order valence-corrected chi connectivity index (χ3v) is 3.25. The van der Waals surface area contributed by atoms with Crippen molar-refractivity contribution in [2.45, 2.75) is 72.3 Å². The van der Waals surface area contributed by atoms with Crippen LogP contribution in [0.5, 0.6) is 0 Å². The van der Waals surface area contributed by atoms with Gasteiger partial charge in [-0.15, -0.1) is 0 Å². The minimum absolute atomic E-state index is 0.701. The van der Waals surface area contributed by atoms with Crippen molar-refractivity contribution in [2.75, 3.05) is 6.54 Å². The lowest BCUT2D eigenvalue weighted by atomic mass is 9.95. The molecular weight excluding hydrogens is 170 g/mol. The van der Waals surface area contributed by atoms with E-state index in [9.17, 15) is 0 Å². The molecule has 0 spiro atoms. The zero-order valence-corrected chi connectivity index (χ0v) is 10.6. The zero-order valence-electron chi connectivity index (χ0n) is 10.6. The molecule has 0 bridgehead atoms. The van der Waals surface area contributed by atoms with Crippen LogP contribution in [-0.2, 0) is 0 Å². The molecule has 0 saturated carbocycles. The summed E-state index contributed by atoms with van der Waals surface area (Å²) in [5.74, 6) is 0.862. The van der Waals surface area contributed by atoms with E-state index in [1.165, 1.54) is 45.1 Å². The van der Waals surface area contributed by atoms with E-state index in [4.69, 9.17) is 0 Å². The third kappa shape index (κ3) is 6.42. The smallest absolute Gasteiger partial charge is 0.00667 e. The van der Waals surface area contributed by atoms with Crippen LogP contribution in [-0.4, -0.2) is 12.6 Å². The van der Waals surface area contributed by atoms with Gasteiger partial charge in [-0.1, -0.05) is 52.9 Å². The van der Waals surface area contributed by atoms with Gasteiger partial charge in [0.2, 0.25) is 0 Å². The first-order valence-electron chi connectivity index (χ1n) is 6.49. The Morgan fingerprint density at radius 2 is 1.57 bits per heavy atom. The average Bonchev–Trinajstić information content (AvgIpc) is 2.19. The van der Waals surface area contributed by atoms with Crippen molar-refractivity contribution in [3.8, 4) is 0 Å². The lowest BCUT2D eigenvalue weighted by Crippen LogP contribution is -2.33. The van der Waals surface area contributed by atoms with Gasteiger partial charge in [-0.25, -0.2) is 0 Å². The molecular formula is C13H29N. The van der Waals surface area contributed by atoms with E-state index < -0.39 is 0 Å². The fourth-order valence-electron chi connectivity index (χ4n) is 2.04. The minimum Gasteiger partial charge on any atom is -0.314 e. The topological polar surface area (TPSA) is 12.0 Å². The van der Waals surface area contributed by atoms with Gasteiger partial charge in [-0.05, 0) is 25.8 Å². The fraction of sp³-hybridized carbons (Fsp3) is 1.00. The second-order valence-corrected chi connectivity index (χ2v) is 4.38. The van der Waals surface area contributed by atoms with Crippen molar-refractivity contribution in [3.63, 3.8) is 0 Å². The summed E-state index contributed by atoms with van der Waals surface area (Å²) < 4.78 is 0. The first-order valence-corrected chi connectivity index (χ1v) is 6.49. The predicted molar refractivity (Wildman–Crippen MR) is 65.7 cm³/mol. The Bertz CT molecular complexity index is 108. The van der Waals surface area contributed by atoms with E-state index in [1.54, 1.807) is 0 Å². The van der Waals surface area contributed by atoms with Crippen LogP contribution in [0.25, 0.3) is 0 Å². The second kappa shape index (κ2) is 9.51. The molecule has 0 amide bonds. The molecule has 1 heteroatoms. The summed E-state index contributed by atoms with van der Waals surface area (Å²) in [6, 6.07) is 0.701. The van der Waals surface area contributed by atoms with E-state index in [1.807, 2.05) is 0 Å². The second-order valence-electron chi connectivity index (χ2n) is 4.38. The van der Waals surface area contributed by atoms with Gasteiger partial charge < -0.3 is 5.32 Å². The quantitative estimate of drug-likeness (QED) is 0.554. The number of hydrogen-bond acceptors (Lipinski definition) is 1. The molecule has 0 aromatic rings. The Labute approximate surface area is 90.7 Å². The minimum atomic E-state index is 0.701. The number of unbranched alkanes of at least 4 members (excludes halogenated alkanes) is 3. The molecule has 86 valence electrons. The van der Waals surface area contributed by atoms with E-state index in [2.05, 4.69) is 33.0 Å². The van der Waals surface area contributed by atoms with Crippen LogP contribution in [0.1, 0.15) is 66.2 Å². The van der Waals surface area contributed by atoms with E-state index in [-0.39, 0.29) is 0 Å². The molecule has 1 unspecified atom stereocenters. The highest BCUT2D eigenvalue weighted by molar-refractivity contribution is 4.69. The number of hydrogen-bond donors (Lipinski definition) is 1. The Balaban J connectivity index is 3.37. The predicted octanol–water partition coefficient (Wildman–Crippen LogP) is 3.98. The van der Waals surface area contributed by atoms with E-state index >= 15 is 0 Å². The Hall–Kier alpha value is -0.0400. The molecule has 1 atom stereocenters. The van der Waals surface area contributed by atoms with Gasteiger partial charge in [-0.3, -0.25) is 0 Å². The monoisotopic (exact) mass is 199 g/mol. The summed E-state index contributed by atoms with van der Waals surface area (Å²) >= 11 is 0. The van der Waals surface area contributed by atoms with Gasteiger partial charge in [0.05, 0.1) is 0 Å². The Morgan fingerprint density at radius 1 is 0.929 bits per heavy atom. The summed E-state index contributed by atoms with van der Waals surface area (Å²) in [6.45, 7) is 10.4. The van der Waals surface area contributed by atoms with Crippen molar-refractivity contribution >= 4 is 0 Å². The maximum absolute atomic E-state index is 3.64. The molecule has 0 fully saturated rings. The molecule has 1 nitrogen and oxygen atoms in total. The van der Waals surface area contributed by atoms with Gasteiger partial charge in [0.15, 0.2) is 0 Å². The molecule has 0 rings (SSSR count). The van der Waals surface area contributed by atoms with Crippen molar-refractivity contribution in [3.05, 3.63) is 0 Å². The van der Waals surface area contributed by atoms with Crippen LogP contribution < -0.4 is 5.32 Å². The molecule has 1 N–H and O–H groups in total. The molecule has 0 aliphatic carbocycles. The number of nitrogens with one attached hydrogen (secondary N) is 1. The Kier molecular flexibility index (Phi) is 9.49. The van der Waals surface area contributed by atoms with Crippen molar-refractivity contribution < 1.29 is 0 Å². The maximum atomic E-state index is 3.64. The van der Waals surface area contributed by atoms with Crippen LogP contribution in [0.2, 0.25) is 0 Å². The van der Waals surface area contributed by atoms with Gasteiger partial charge in [0.25, 0.3) is 0 Å². The van der Waals surface area contributed by atoms with Crippen LogP contribution in [0.3, 0.4) is 0 Å². The van der Waals surface area contributed by atoms with E-state index in [0.717, 1.165) is 5.92 Å². The van der Waals surface area contributed by atoms with Gasteiger partial charge >= 0.3 is 0 Å². The highest BCUT2D eigenvalue weighted by Gasteiger charge is 2.11. The Morgan fingerprint density at radius 3 is 2.07 bits per heavy atom. The average molecular weight is 199 g/mol. The molecule has 0 aliphatic rings. The lowest BCUT2D eigenvalue weighted by molar-refractivity contribution is 0.351. The SMILES string of the molecule is CCCCCCNC(C)C(CC)CC. The lowest BCUT2D eigenvalue weighted by Gasteiger charge is -2.22. The third-order valence-electron chi connectivity index (χ3n) is 3.25. The summed E-state index contributed by atoms with van der Waals surface area (Å²) in [5.41, 5.74) is 0. The summed E-state index contributed by atoms with van der Waals surface area (Å²) in [4.78, 5) is 0. The summed E-state index contributed by atoms with van der Waals surface area (Å²) in [5, 5.41) is 3.64. The standard InChI is InChI=1S/C13H29N/c1-5-8-9-10-11-14-12(4)13(6-2)7-3/h12-14H,5-11H2,1-4H3. The maximum Gasteiger partial charge on any atom is 0.00667 e. The highest BCUT2D eigenvalue weighted by Crippen LogP contribution is 2.12. The normalized spacial score (nSPS) is 13.5. The van der Waals surface area contributed by atoms with E-state index in [0.29, 0.717) is 6.04 Å². The van der Waals surface area contributed by atoms with Crippen molar-refractivity contribution in [1.29, 1.82) is 0 Å². The van der Waals surface area contributed by atoms with Crippen LogP contribution in [0.15, 0.2) is 0 Å². The molecule has 0 radical (unpaired) electrons. The number of rotatable bonds is 9. The van der Waals surface area contributed by atoms with Crippen molar-refractivity contribution in [2.24, 2.45) is 5.92 Å². The molecule has 0 heterocycles. The fourth-order valence-corrected chi connectivity index (χ4v) is 2.04. The molecule has 0 saturated heterocycles. The van der Waals surface area contributed by atoms with Gasteiger partial charge in [0, 0.05) is 6.04 Å². The zero-order chi connectivity index (χ0) is 10.8. The molecule has 0 aromatic carbocycles. The first kappa shape index (κ1) is 14.0. The summed E-state index contributed by atoms with van der Waals surface area (Å²) in [6.07, 6.45) is 8.07. The molecule has 0 aliphatic heterocycles. The van der Waals surface area contributed by atoms with Crippen molar-refractivity contribution in [1.82, 2.24) is 5.32 Å². The highest BCUT2D eigenvalue weighted by atomic mass is 14.9. The molecule has 0 aromatic heterocycles. The molecule has 14 heavy (non-hydrogen) atoms. The van der Waals surface area contributed by atoms with Gasteiger partial charge in [-0.2, -0.15) is 0 Å². The van der Waals surface area contributed by atoms with Crippen LogP contribution >= 0.6 is 0 Å². The largest absolute Gasteiger partial charge is 0.314 e. The van der Waals surface area contributed by atoms with Crippen LogP contribution in [0, 0.1) is 5.92 Å². The van der Waals surface area contributed by atoms with Gasteiger partial charge in [0.1, 0.15) is 0 Å². The van der Waals surface area contributed by atoms with Crippen LogP contribution in [0.4, 0.5) is 0 Å². The first-order chi connectivity index (χ1) is 6.76. The summed E-state index contributed by atoms with van der Waals surface area (Å²) in [7, 11) is 0.